The Bertz CT molecular complexity index is 866. The molecule has 0 amide bonds. The lowest BCUT2D eigenvalue weighted by Gasteiger charge is -2.13. The molecule has 1 heterocycles. The van der Waals surface area contributed by atoms with Crippen LogP contribution >= 0.6 is 15.9 Å². The maximum Gasteiger partial charge on any atom is 0.262 e. The number of rotatable bonds is 3. The third kappa shape index (κ3) is 3.46. The molecular formula is C15H12BrF2NO4S. The first-order chi connectivity index (χ1) is 11.4. The molecule has 0 aromatic heterocycles. The second-order valence-corrected chi connectivity index (χ2v) is 7.55. The number of fused-ring (bicyclic) bond motifs is 1. The number of hydrogen-bond donors (Lipinski definition) is 1. The van der Waals surface area contributed by atoms with E-state index in [1.807, 2.05) is 0 Å². The van der Waals surface area contributed by atoms with Crippen LogP contribution in [0.1, 0.15) is 6.42 Å². The lowest BCUT2D eigenvalue weighted by molar-refractivity contribution is 0.297. The Hall–Kier alpha value is -1.87. The van der Waals surface area contributed by atoms with Gasteiger partial charge in [-0.15, -0.1) is 0 Å². The van der Waals surface area contributed by atoms with E-state index < -0.39 is 21.7 Å². The zero-order chi connectivity index (χ0) is 17.3. The Morgan fingerprint density at radius 3 is 2.46 bits per heavy atom. The molecule has 0 fully saturated rings. The molecule has 0 saturated heterocycles. The highest BCUT2D eigenvalue weighted by Gasteiger charge is 2.22. The summed E-state index contributed by atoms with van der Waals surface area (Å²) in [4.78, 5) is -0.123. The van der Waals surface area contributed by atoms with Crippen LogP contribution in [0.4, 0.5) is 14.5 Å². The molecule has 0 radical (unpaired) electrons. The van der Waals surface area contributed by atoms with Crippen LogP contribution in [0, 0.1) is 11.6 Å². The Kier molecular flexibility index (Phi) is 4.64. The van der Waals surface area contributed by atoms with Crippen LogP contribution in [0.15, 0.2) is 39.7 Å². The average Bonchev–Trinajstić information content (AvgIpc) is 2.75. The van der Waals surface area contributed by atoms with Crippen LogP contribution in [0.5, 0.6) is 11.5 Å². The first-order valence-electron chi connectivity index (χ1n) is 6.94. The second-order valence-electron chi connectivity index (χ2n) is 5.01. The molecule has 3 rings (SSSR count). The minimum atomic E-state index is -4.09. The van der Waals surface area contributed by atoms with Gasteiger partial charge in [-0.2, -0.15) is 0 Å². The van der Waals surface area contributed by atoms with Gasteiger partial charge in [0.25, 0.3) is 10.0 Å². The van der Waals surface area contributed by atoms with Crippen molar-refractivity contribution in [3.8, 4) is 11.5 Å². The molecule has 1 aliphatic heterocycles. The van der Waals surface area contributed by atoms with E-state index in [4.69, 9.17) is 9.47 Å². The predicted octanol–water partition coefficient (Wildman–Crippen LogP) is 3.69. The molecule has 0 spiro atoms. The van der Waals surface area contributed by atoms with Gasteiger partial charge in [0.05, 0.1) is 23.8 Å². The van der Waals surface area contributed by atoms with E-state index in [9.17, 15) is 17.2 Å². The molecule has 5 nitrogen and oxygen atoms in total. The minimum absolute atomic E-state index is 0.0436. The number of nitrogens with one attached hydrogen (secondary N) is 1. The SMILES string of the molecule is O=S(=O)(Nc1c(F)cc(F)cc1Br)c1ccc2c(c1)OCCCO2. The van der Waals surface area contributed by atoms with Crippen LogP contribution in [0.2, 0.25) is 0 Å². The van der Waals surface area contributed by atoms with E-state index in [0.29, 0.717) is 37.2 Å². The number of anilines is 1. The van der Waals surface area contributed by atoms with Crippen molar-refractivity contribution in [1.29, 1.82) is 0 Å². The van der Waals surface area contributed by atoms with Gasteiger partial charge in [-0.1, -0.05) is 0 Å². The van der Waals surface area contributed by atoms with Gasteiger partial charge < -0.3 is 9.47 Å². The van der Waals surface area contributed by atoms with Crippen LogP contribution in [-0.4, -0.2) is 21.6 Å². The predicted molar refractivity (Wildman–Crippen MR) is 86.9 cm³/mol. The van der Waals surface area contributed by atoms with Crippen molar-refractivity contribution in [2.24, 2.45) is 0 Å². The van der Waals surface area contributed by atoms with Crippen molar-refractivity contribution in [2.45, 2.75) is 11.3 Å². The summed E-state index contributed by atoms with van der Waals surface area (Å²) in [5.74, 6) is -1.10. The van der Waals surface area contributed by atoms with Crippen LogP contribution < -0.4 is 14.2 Å². The third-order valence-electron chi connectivity index (χ3n) is 3.27. The molecule has 1 aliphatic rings. The lowest BCUT2D eigenvalue weighted by Crippen LogP contribution is -2.15. The molecular weight excluding hydrogens is 408 g/mol. The summed E-state index contributed by atoms with van der Waals surface area (Å²) >= 11 is 2.94. The van der Waals surface area contributed by atoms with Gasteiger partial charge >= 0.3 is 0 Å². The standard InChI is InChI=1S/C15H12BrF2NO4S/c16-11-6-9(17)7-12(18)15(11)19-24(20,21)10-2-3-13-14(8-10)23-5-1-4-22-13/h2-3,6-8,19H,1,4-5H2. The fraction of sp³-hybridized carbons (Fsp3) is 0.200. The molecule has 0 unspecified atom stereocenters. The van der Waals surface area contributed by atoms with Gasteiger partial charge in [0.1, 0.15) is 5.82 Å². The molecule has 24 heavy (non-hydrogen) atoms. The number of benzene rings is 2. The maximum atomic E-state index is 13.8. The van der Waals surface area contributed by atoms with Crippen molar-refractivity contribution < 1.29 is 26.7 Å². The van der Waals surface area contributed by atoms with Gasteiger partial charge in [-0.25, -0.2) is 17.2 Å². The summed E-state index contributed by atoms with van der Waals surface area (Å²) < 4.78 is 64.9. The van der Waals surface area contributed by atoms with Crippen LogP contribution in [-0.2, 0) is 10.0 Å². The van der Waals surface area contributed by atoms with Crippen molar-refractivity contribution >= 4 is 31.6 Å². The summed E-state index contributed by atoms with van der Waals surface area (Å²) in [6.07, 6.45) is 0.683. The van der Waals surface area contributed by atoms with E-state index in [2.05, 4.69) is 20.7 Å². The summed E-state index contributed by atoms with van der Waals surface area (Å²) in [5.41, 5.74) is -0.372. The Labute approximate surface area is 145 Å². The maximum absolute atomic E-state index is 13.8. The van der Waals surface area contributed by atoms with Gasteiger partial charge in [-0.3, -0.25) is 4.72 Å². The van der Waals surface area contributed by atoms with Crippen molar-refractivity contribution in [2.75, 3.05) is 17.9 Å². The molecule has 1 N–H and O–H groups in total. The van der Waals surface area contributed by atoms with Gasteiger partial charge in [-0.05, 0) is 34.1 Å². The van der Waals surface area contributed by atoms with Crippen LogP contribution in [0.3, 0.4) is 0 Å². The third-order valence-corrected chi connectivity index (χ3v) is 5.25. The Balaban J connectivity index is 1.96. The molecule has 2 aromatic carbocycles. The van der Waals surface area contributed by atoms with Gasteiger partial charge in [0.15, 0.2) is 17.3 Å². The molecule has 0 atom stereocenters. The monoisotopic (exact) mass is 419 g/mol. The summed E-state index contributed by atoms with van der Waals surface area (Å²) in [7, 11) is -4.09. The number of hydrogen-bond acceptors (Lipinski definition) is 4. The Morgan fingerprint density at radius 2 is 1.75 bits per heavy atom. The molecule has 9 heteroatoms. The quantitative estimate of drug-likeness (QED) is 0.823. The fourth-order valence-corrected chi connectivity index (χ4v) is 3.89. The second kappa shape index (κ2) is 6.56. The van der Waals surface area contributed by atoms with E-state index in [-0.39, 0.29) is 15.1 Å². The molecule has 2 aromatic rings. The zero-order valence-corrected chi connectivity index (χ0v) is 14.6. The first-order valence-corrected chi connectivity index (χ1v) is 9.21. The van der Waals surface area contributed by atoms with Crippen molar-refractivity contribution in [3.05, 3.63) is 46.4 Å². The van der Waals surface area contributed by atoms with Gasteiger partial charge in [0, 0.05) is 23.0 Å². The average molecular weight is 420 g/mol. The minimum Gasteiger partial charge on any atom is -0.490 e. The van der Waals surface area contributed by atoms with E-state index >= 15 is 0 Å². The largest absolute Gasteiger partial charge is 0.490 e. The molecule has 0 aliphatic carbocycles. The highest BCUT2D eigenvalue weighted by molar-refractivity contribution is 9.10. The number of ether oxygens (including phenoxy) is 2. The topological polar surface area (TPSA) is 64.6 Å². The smallest absolute Gasteiger partial charge is 0.262 e. The zero-order valence-electron chi connectivity index (χ0n) is 12.2. The molecule has 0 bridgehead atoms. The molecule has 0 saturated carbocycles. The van der Waals surface area contributed by atoms with E-state index in [1.165, 1.54) is 18.2 Å². The van der Waals surface area contributed by atoms with Crippen molar-refractivity contribution in [1.82, 2.24) is 0 Å². The lowest BCUT2D eigenvalue weighted by atomic mass is 10.3. The van der Waals surface area contributed by atoms with E-state index in [1.54, 1.807) is 0 Å². The van der Waals surface area contributed by atoms with E-state index in [0.717, 1.165) is 6.07 Å². The first kappa shape index (κ1) is 17.0. The van der Waals surface area contributed by atoms with Crippen LogP contribution in [0.25, 0.3) is 0 Å². The number of halogens is 3. The highest BCUT2D eigenvalue weighted by atomic mass is 79.9. The Morgan fingerprint density at radius 1 is 1.04 bits per heavy atom. The van der Waals surface area contributed by atoms with Gasteiger partial charge in [0.2, 0.25) is 0 Å². The number of sulfonamides is 1. The summed E-state index contributed by atoms with van der Waals surface area (Å²) in [6.45, 7) is 0.882. The summed E-state index contributed by atoms with van der Waals surface area (Å²) in [6, 6.07) is 5.67. The normalized spacial score (nSPS) is 14.1. The fourth-order valence-electron chi connectivity index (χ4n) is 2.14. The van der Waals surface area contributed by atoms with Crippen molar-refractivity contribution in [3.63, 3.8) is 0 Å². The molecule has 128 valence electrons. The summed E-state index contributed by atoms with van der Waals surface area (Å²) in [5, 5.41) is 0. The highest BCUT2D eigenvalue weighted by Crippen LogP contribution is 2.34.